The molecule has 0 aromatic carbocycles. The van der Waals surface area contributed by atoms with Gasteiger partial charge in [-0.2, -0.15) is 0 Å². The predicted molar refractivity (Wildman–Crippen MR) is 108 cm³/mol. The summed E-state index contributed by atoms with van der Waals surface area (Å²) in [6, 6.07) is -1.23. The molecule has 3 atom stereocenters. The second kappa shape index (κ2) is 7.50. The molecule has 0 bridgehead atoms. The minimum absolute atomic E-state index is 0. The second-order valence-electron chi connectivity index (χ2n) is 7.81. The second-order valence-corrected chi connectivity index (χ2v) is 9.58. The molecule has 10 heteroatoms. The van der Waals surface area contributed by atoms with Crippen LogP contribution in [0.15, 0.2) is 9.98 Å². The van der Waals surface area contributed by atoms with Crippen molar-refractivity contribution in [2.24, 2.45) is 15.9 Å². The van der Waals surface area contributed by atoms with Gasteiger partial charge in [-0.05, 0) is 26.7 Å². The molecule has 27 heavy (non-hydrogen) atoms. The van der Waals surface area contributed by atoms with Crippen LogP contribution >= 0.6 is 24.2 Å². The van der Waals surface area contributed by atoms with Crippen molar-refractivity contribution in [2.75, 3.05) is 26.2 Å². The largest absolute Gasteiger partial charge is 0.480 e. The van der Waals surface area contributed by atoms with E-state index in [1.807, 2.05) is 13.8 Å². The zero-order valence-corrected chi connectivity index (χ0v) is 17.1. The number of aliphatic imine (C=N–C) groups is 2. The molecule has 4 heterocycles. The average Bonchev–Trinajstić information content (AvgIpc) is 3.20. The van der Waals surface area contributed by atoms with Gasteiger partial charge in [0.25, 0.3) is 5.91 Å². The van der Waals surface area contributed by atoms with Gasteiger partial charge in [-0.3, -0.25) is 14.8 Å². The monoisotopic (exact) mass is 415 g/mol. The molecule has 0 saturated carbocycles. The van der Waals surface area contributed by atoms with Crippen molar-refractivity contribution >= 4 is 48.2 Å². The van der Waals surface area contributed by atoms with E-state index in [4.69, 9.17) is 0 Å². The first kappa shape index (κ1) is 20.3. The normalized spacial score (nSPS) is 32.6. The van der Waals surface area contributed by atoms with Crippen LogP contribution in [0.3, 0.4) is 0 Å². The van der Waals surface area contributed by atoms with Crippen molar-refractivity contribution in [2.45, 2.75) is 48.9 Å². The summed E-state index contributed by atoms with van der Waals surface area (Å²) in [4.78, 5) is 36.6. The molecule has 0 aliphatic carbocycles. The number of thioether (sulfide) groups is 1. The SMILES string of the molecule is CC1(C)S[C@@H]2[C@H](N=CN3CCC(C4=NCCN4)CC3)C(=O)N2[C@H]1C(=O)O.Cl. The van der Waals surface area contributed by atoms with Crippen LogP contribution in [0.5, 0.6) is 0 Å². The topological polar surface area (TPSA) is 97.6 Å². The molecule has 0 aromatic heterocycles. The lowest BCUT2D eigenvalue weighted by Crippen LogP contribution is -2.65. The fourth-order valence-electron chi connectivity index (χ4n) is 4.27. The average molecular weight is 416 g/mol. The summed E-state index contributed by atoms with van der Waals surface area (Å²) in [6.07, 6.45) is 3.87. The van der Waals surface area contributed by atoms with E-state index in [1.54, 1.807) is 6.34 Å². The van der Waals surface area contributed by atoms with Gasteiger partial charge >= 0.3 is 5.97 Å². The molecule has 0 spiro atoms. The Bertz CT molecular complexity index is 677. The number of carboxylic acids is 1. The lowest BCUT2D eigenvalue weighted by atomic mass is 9.95. The Hall–Kier alpha value is -1.48. The minimum Gasteiger partial charge on any atom is -0.480 e. The Morgan fingerprint density at radius 2 is 2.11 bits per heavy atom. The number of carbonyl (C=O) groups excluding carboxylic acids is 1. The Morgan fingerprint density at radius 1 is 1.41 bits per heavy atom. The number of β-lactam (4-membered cyclic amide) rings is 1. The van der Waals surface area contributed by atoms with E-state index in [-0.39, 0.29) is 23.7 Å². The van der Waals surface area contributed by atoms with E-state index in [1.165, 1.54) is 16.7 Å². The summed E-state index contributed by atoms with van der Waals surface area (Å²) >= 11 is 1.54. The molecule has 4 aliphatic rings. The summed E-state index contributed by atoms with van der Waals surface area (Å²) in [5, 5.41) is 12.7. The van der Waals surface area contributed by atoms with Crippen molar-refractivity contribution in [1.82, 2.24) is 15.1 Å². The standard InChI is InChI=1S/C17H25N5O3S.ClH/c1-17(2)12(16(24)25)22-14(23)11(15(22)26-17)20-9-21-7-3-10(4-8-21)13-18-5-6-19-13;/h9-12,15H,3-8H2,1-2H3,(H,18,19)(H,24,25);1H/t11-,12+,15-;/m1./s1. The summed E-state index contributed by atoms with van der Waals surface area (Å²) < 4.78 is -0.496. The van der Waals surface area contributed by atoms with Crippen LogP contribution in [-0.2, 0) is 9.59 Å². The summed E-state index contributed by atoms with van der Waals surface area (Å²) in [5.41, 5.74) is 0. The molecule has 0 radical (unpaired) electrons. The summed E-state index contributed by atoms with van der Waals surface area (Å²) in [6.45, 7) is 7.40. The molecule has 0 aromatic rings. The van der Waals surface area contributed by atoms with Crippen molar-refractivity contribution < 1.29 is 14.7 Å². The fourth-order valence-corrected chi connectivity index (χ4v) is 5.89. The number of rotatable bonds is 4. The third kappa shape index (κ3) is 3.51. The maximum Gasteiger partial charge on any atom is 0.327 e. The quantitative estimate of drug-likeness (QED) is 0.398. The maximum atomic E-state index is 12.4. The number of carbonyl (C=O) groups is 2. The Balaban J connectivity index is 0.00000210. The highest BCUT2D eigenvalue weighted by atomic mass is 35.5. The summed E-state index contributed by atoms with van der Waals surface area (Å²) in [5.74, 6) is 0.545. The number of aliphatic carboxylic acids is 1. The number of likely N-dealkylation sites (tertiary alicyclic amines) is 1. The first-order valence-corrected chi connectivity index (χ1v) is 10.0. The van der Waals surface area contributed by atoms with Crippen LogP contribution in [0.2, 0.25) is 0 Å². The van der Waals surface area contributed by atoms with Gasteiger partial charge in [0, 0.05) is 30.3 Å². The number of nitrogens with zero attached hydrogens (tertiary/aromatic N) is 4. The molecule has 4 aliphatic heterocycles. The van der Waals surface area contributed by atoms with Crippen molar-refractivity contribution in [3.05, 3.63) is 0 Å². The number of hydrogen-bond donors (Lipinski definition) is 2. The highest BCUT2D eigenvalue weighted by Crippen LogP contribution is 2.51. The smallest absolute Gasteiger partial charge is 0.327 e. The number of hydrogen-bond acceptors (Lipinski definition) is 6. The Kier molecular flexibility index (Phi) is 5.63. The number of carboxylic acid groups (broad SMARTS) is 1. The van der Waals surface area contributed by atoms with Gasteiger partial charge in [-0.1, -0.05) is 0 Å². The van der Waals surface area contributed by atoms with Gasteiger partial charge < -0.3 is 20.2 Å². The number of amides is 1. The van der Waals surface area contributed by atoms with Crippen molar-refractivity contribution in [1.29, 1.82) is 0 Å². The molecule has 150 valence electrons. The van der Waals surface area contributed by atoms with E-state index in [0.29, 0.717) is 5.92 Å². The van der Waals surface area contributed by atoms with Crippen LogP contribution in [0.4, 0.5) is 0 Å². The molecular formula is C17H26ClN5O3S. The van der Waals surface area contributed by atoms with Gasteiger partial charge in [-0.15, -0.1) is 24.2 Å². The van der Waals surface area contributed by atoms with Gasteiger partial charge in [0.1, 0.15) is 11.4 Å². The molecule has 8 nitrogen and oxygen atoms in total. The van der Waals surface area contributed by atoms with Crippen LogP contribution < -0.4 is 5.32 Å². The Morgan fingerprint density at radius 3 is 2.70 bits per heavy atom. The molecule has 3 saturated heterocycles. The molecule has 4 rings (SSSR count). The number of halogens is 1. The van der Waals surface area contributed by atoms with Crippen molar-refractivity contribution in [3.63, 3.8) is 0 Å². The maximum absolute atomic E-state index is 12.4. The minimum atomic E-state index is -0.939. The number of amidine groups is 1. The Labute approximate surface area is 169 Å². The number of nitrogens with one attached hydrogen (secondary N) is 1. The highest BCUT2D eigenvalue weighted by molar-refractivity contribution is 8.01. The zero-order valence-electron chi connectivity index (χ0n) is 15.5. The highest BCUT2D eigenvalue weighted by Gasteiger charge is 2.63. The van der Waals surface area contributed by atoms with E-state index in [0.717, 1.165) is 44.9 Å². The third-order valence-corrected chi connectivity index (χ3v) is 7.21. The van der Waals surface area contributed by atoms with Gasteiger partial charge in [0.15, 0.2) is 6.04 Å². The first-order chi connectivity index (χ1) is 12.4. The third-order valence-electron chi connectivity index (χ3n) is 5.65. The predicted octanol–water partition coefficient (Wildman–Crippen LogP) is 0.666. The van der Waals surface area contributed by atoms with E-state index in [9.17, 15) is 14.7 Å². The van der Waals surface area contributed by atoms with E-state index >= 15 is 0 Å². The molecule has 3 fully saturated rings. The fraction of sp³-hybridized carbons (Fsp3) is 0.765. The molecule has 2 N–H and O–H groups in total. The van der Waals surface area contributed by atoms with Gasteiger partial charge in [-0.25, -0.2) is 4.79 Å². The summed E-state index contributed by atoms with van der Waals surface area (Å²) in [7, 11) is 0. The number of piperidine rings is 1. The van der Waals surface area contributed by atoms with Crippen LogP contribution in [0.25, 0.3) is 0 Å². The van der Waals surface area contributed by atoms with Gasteiger partial charge in [0.2, 0.25) is 0 Å². The molecule has 0 unspecified atom stereocenters. The van der Waals surface area contributed by atoms with E-state index < -0.39 is 22.8 Å². The molecular weight excluding hydrogens is 390 g/mol. The zero-order chi connectivity index (χ0) is 18.5. The van der Waals surface area contributed by atoms with Crippen LogP contribution in [-0.4, -0.2) is 87.3 Å². The van der Waals surface area contributed by atoms with Crippen molar-refractivity contribution in [3.8, 4) is 0 Å². The van der Waals surface area contributed by atoms with Crippen LogP contribution in [0, 0.1) is 5.92 Å². The number of fused-ring (bicyclic) bond motifs is 1. The molecule has 1 amide bonds. The first-order valence-electron chi connectivity index (χ1n) is 9.17. The lowest BCUT2D eigenvalue weighted by Gasteiger charge is -2.41. The van der Waals surface area contributed by atoms with Gasteiger partial charge in [0.05, 0.1) is 18.7 Å². The van der Waals surface area contributed by atoms with E-state index in [2.05, 4.69) is 20.2 Å². The lowest BCUT2D eigenvalue weighted by molar-refractivity contribution is -0.158. The van der Waals surface area contributed by atoms with Crippen LogP contribution in [0.1, 0.15) is 26.7 Å².